The Balaban J connectivity index is 2.62. The molecule has 0 saturated carbocycles. The molecule has 1 aromatic carbocycles. The summed E-state index contributed by atoms with van der Waals surface area (Å²) in [5.74, 6) is -1.20. The van der Waals surface area contributed by atoms with E-state index < -0.39 is 11.9 Å². The molecule has 19 heavy (non-hydrogen) atoms. The van der Waals surface area contributed by atoms with Gasteiger partial charge in [-0.2, -0.15) is 0 Å². The number of rotatable bonds is 6. The predicted octanol–water partition coefficient (Wildman–Crippen LogP) is 1.38. The van der Waals surface area contributed by atoms with Gasteiger partial charge in [-0.1, -0.05) is 32.4 Å². The van der Waals surface area contributed by atoms with Crippen molar-refractivity contribution in [2.45, 2.75) is 32.7 Å². The number of nitrogens with one attached hydrogen (secondary N) is 1. The Morgan fingerprint density at radius 1 is 1.32 bits per heavy atom. The molecule has 0 aliphatic rings. The third kappa shape index (κ3) is 4.69. The molecule has 0 heterocycles. The summed E-state index contributed by atoms with van der Waals surface area (Å²) in [5, 5.41) is 2.62. The SMILES string of the molecule is CC[C@H](C)[C@@H](NC(=O)Cc1ccc(F)cc1)C(N)=O. The molecule has 0 radical (unpaired) electrons. The molecular weight excluding hydrogens is 247 g/mol. The summed E-state index contributed by atoms with van der Waals surface area (Å²) in [7, 11) is 0. The molecule has 0 aromatic heterocycles. The van der Waals surface area contributed by atoms with Crippen molar-refractivity contribution >= 4 is 11.8 Å². The number of benzene rings is 1. The van der Waals surface area contributed by atoms with Gasteiger partial charge in [-0.25, -0.2) is 4.39 Å². The van der Waals surface area contributed by atoms with Gasteiger partial charge in [0.1, 0.15) is 11.9 Å². The van der Waals surface area contributed by atoms with Crippen LogP contribution in [0.5, 0.6) is 0 Å². The monoisotopic (exact) mass is 266 g/mol. The minimum absolute atomic E-state index is 0.0188. The second-order valence-electron chi connectivity index (χ2n) is 4.64. The van der Waals surface area contributed by atoms with Crippen LogP contribution in [-0.2, 0) is 16.0 Å². The van der Waals surface area contributed by atoms with Gasteiger partial charge >= 0.3 is 0 Å². The van der Waals surface area contributed by atoms with E-state index in [1.807, 2.05) is 13.8 Å². The summed E-state index contributed by atoms with van der Waals surface area (Å²) in [6, 6.07) is 5.00. The average molecular weight is 266 g/mol. The van der Waals surface area contributed by atoms with E-state index in [9.17, 15) is 14.0 Å². The van der Waals surface area contributed by atoms with Crippen LogP contribution in [0.2, 0.25) is 0 Å². The Morgan fingerprint density at radius 3 is 2.37 bits per heavy atom. The molecule has 2 atom stereocenters. The zero-order valence-corrected chi connectivity index (χ0v) is 11.2. The Labute approximate surface area is 112 Å². The second-order valence-corrected chi connectivity index (χ2v) is 4.64. The van der Waals surface area contributed by atoms with Crippen molar-refractivity contribution in [1.29, 1.82) is 0 Å². The quantitative estimate of drug-likeness (QED) is 0.816. The molecule has 1 aromatic rings. The fourth-order valence-corrected chi connectivity index (χ4v) is 1.74. The van der Waals surface area contributed by atoms with Crippen LogP contribution in [-0.4, -0.2) is 17.9 Å². The van der Waals surface area contributed by atoms with Gasteiger partial charge in [0, 0.05) is 0 Å². The molecule has 5 heteroatoms. The number of primary amides is 1. The van der Waals surface area contributed by atoms with E-state index in [2.05, 4.69) is 5.32 Å². The standard InChI is InChI=1S/C14H19FN2O2/c1-3-9(2)13(14(16)19)17-12(18)8-10-4-6-11(15)7-5-10/h4-7,9,13H,3,8H2,1-2H3,(H2,16,19)(H,17,18)/t9-,13+/m0/s1. The number of nitrogens with two attached hydrogens (primary N) is 1. The van der Waals surface area contributed by atoms with E-state index in [-0.39, 0.29) is 24.1 Å². The van der Waals surface area contributed by atoms with Gasteiger partial charge in [0.05, 0.1) is 6.42 Å². The zero-order valence-electron chi connectivity index (χ0n) is 11.2. The molecular formula is C14H19FN2O2. The van der Waals surface area contributed by atoms with Gasteiger partial charge in [-0.15, -0.1) is 0 Å². The lowest BCUT2D eigenvalue weighted by molar-refractivity contribution is -0.128. The molecule has 2 amide bonds. The van der Waals surface area contributed by atoms with Gasteiger partial charge < -0.3 is 11.1 Å². The summed E-state index contributed by atoms with van der Waals surface area (Å²) >= 11 is 0. The maximum absolute atomic E-state index is 12.7. The maximum Gasteiger partial charge on any atom is 0.240 e. The first-order chi connectivity index (χ1) is 8.93. The molecule has 104 valence electrons. The number of hydrogen-bond acceptors (Lipinski definition) is 2. The molecule has 0 aliphatic carbocycles. The Morgan fingerprint density at radius 2 is 1.89 bits per heavy atom. The zero-order chi connectivity index (χ0) is 14.4. The van der Waals surface area contributed by atoms with Crippen molar-refractivity contribution in [2.24, 2.45) is 11.7 Å². The fraction of sp³-hybridized carbons (Fsp3) is 0.429. The maximum atomic E-state index is 12.7. The molecule has 4 nitrogen and oxygen atoms in total. The van der Waals surface area contributed by atoms with Crippen molar-refractivity contribution in [3.8, 4) is 0 Å². The molecule has 0 spiro atoms. The molecule has 0 fully saturated rings. The van der Waals surface area contributed by atoms with Crippen LogP contribution >= 0.6 is 0 Å². The van der Waals surface area contributed by atoms with Gasteiger partial charge in [0.15, 0.2) is 0 Å². The highest BCUT2D eigenvalue weighted by atomic mass is 19.1. The second kappa shape index (κ2) is 6.87. The predicted molar refractivity (Wildman–Crippen MR) is 70.7 cm³/mol. The number of halogens is 1. The largest absolute Gasteiger partial charge is 0.368 e. The van der Waals surface area contributed by atoms with Gasteiger partial charge in [-0.05, 0) is 23.6 Å². The summed E-state index contributed by atoms with van der Waals surface area (Å²) in [4.78, 5) is 23.1. The fourth-order valence-electron chi connectivity index (χ4n) is 1.74. The first-order valence-electron chi connectivity index (χ1n) is 6.27. The van der Waals surface area contributed by atoms with Crippen molar-refractivity contribution in [2.75, 3.05) is 0 Å². The molecule has 0 unspecified atom stereocenters. The summed E-state index contributed by atoms with van der Waals surface area (Å²) in [5.41, 5.74) is 5.96. The lowest BCUT2D eigenvalue weighted by Gasteiger charge is -2.21. The topological polar surface area (TPSA) is 72.2 Å². The molecule has 0 aliphatic heterocycles. The Hall–Kier alpha value is -1.91. The van der Waals surface area contributed by atoms with Gasteiger partial charge in [0.2, 0.25) is 11.8 Å². The van der Waals surface area contributed by atoms with Gasteiger partial charge in [0.25, 0.3) is 0 Å². The van der Waals surface area contributed by atoms with Crippen molar-refractivity contribution in [3.05, 3.63) is 35.6 Å². The lowest BCUT2D eigenvalue weighted by Crippen LogP contribution is -2.48. The van der Waals surface area contributed by atoms with Gasteiger partial charge in [-0.3, -0.25) is 9.59 Å². The van der Waals surface area contributed by atoms with E-state index in [1.165, 1.54) is 24.3 Å². The lowest BCUT2D eigenvalue weighted by atomic mass is 9.98. The van der Waals surface area contributed by atoms with Crippen LogP contribution in [0.15, 0.2) is 24.3 Å². The minimum Gasteiger partial charge on any atom is -0.368 e. The van der Waals surface area contributed by atoms with Crippen LogP contribution in [0.3, 0.4) is 0 Å². The van der Waals surface area contributed by atoms with Crippen molar-refractivity contribution < 1.29 is 14.0 Å². The van der Waals surface area contributed by atoms with E-state index in [0.29, 0.717) is 5.56 Å². The van der Waals surface area contributed by atoms with Crippen LogP contribution in [0.25, 0.3) is 0 Å². The number of amides is 2. The molecule has 3 N–H and O–H groups in total. The first-order valence-corrected chi connectivity index (χ1v) is 6.27. The minimum atomic E-state index is -0.669. The molecule has 1 rings (SSSR count). The van der Waals surface area contributed by atoms with Crippen molar-refractivity contribution in [3.63, 3.8) is 0 Å². The molecule has 0 saturated heterocycles. The smallest absolute Gasteiger partial charge is 0.240 e. The van der Waals surface area contributed by atoms with Crippen LogP contribution < -0.4 is 11.1 Å². The third-order valence-electron chi connectivity index (χ3n) is 3.11. The number of carbonyl (C=O) groups excluding carboxylic acids is 2. The van der Waals surface area contributed by atoms with Crippen molar-refractivity contribution in [1.82, 2.24) is 5.32 Å². The van der Waals surface area contributed by atoms with E-state index in [0.717, 1.165) is 6.42 Å². The highest BCUT2D eigenvalue weighted by molar-refractivity contribution is 5.87. The Kier molecular flexibility index (Phi) is 5.48. The van der Waals surface area contributed by atoms with E-state index >= 15 is 0 Å². The highest BCUT2D eigenvalue weighted by Crippen LogP contribution is 2.08. The average Bonchev–Trinajstić information content (AvgIpc) is 2.37. The Bertz CT molecular complexity index is 445. The number of hydrogen-bond donors (Lipinski definition) is 2. The van der Waals surface area contributed by atoms with Crippen LogP contribution in [0.4, 0.5) is 4.39 Å². The van der Waals surface area contributed by atoms with Crippen LogP contribution in [0, 0.1) is 11.7 Å². The third-order valence-corrected chi connectivity index (χ3v) is 3.11. The first kappa shape index (κ1) is 15.1. The highest BCUT2D eigenvalue weighted by Gasteiger charge is 2.23. The van der Waals surface area contributed by atoms with E-state index in [4.69, 9.17) is 5.73 Å². The summed E-state index contributed by atoms with van der Waals surface area (Å²) in [6.45, 7) is 3.78. The summed E-state index contributed by atoms with van der Waals surface area (Å²) in [6.07, 6.45) is 0.838. The molecule has 0 bridgehead atoms. The van der Waals surface area contributed by atoms with E-state index in [1.54, 1.807) is 0 Å². The van der Waals surface area contributed by atoms with Crippen LogP contribution in [0.1, 0.15) is 25.8 Å². The normalized spacial score (nSPS) is 13.6. The number of carbonyl (C=O) groups is 2. The summed E-state index contributed by atoms with van der Waals surface area (Å²) < 4.78 is 12.7.